The van der Waals surface area contributed by atoms with Gasteiger partial charge in [0.2, 0.25) is 13.6 Å². The molecule has 0 saturated carbocycles. The highest BCUT2D eigenvalue weighted by atomic mass is 16.7. The average Bonchev–Trinajstić information content (AvgIpc) is 3.43. The molecule has 0 radical (unpaired) electrons. The van der Waals surface area contributed by atoms with Crippen molar-refractivity contribution in [1.29, 1.82) is 0 Å². The van der Waals surface area contributed by atoms with E-state index in [1.807, 2.05) is 24.3 Å². The molecule has 4 aliphatic heterocycles. The number of phenolic OH excluding ortho intramolecular Hbond substituents is 1. The van der Waals surface area contributed by atoms with Gasteiger partial charge in [0.15, 0.2) is 23.0 Å². The summed E-state index contributed by atoms with van der Waals surface area (Å²) in [6, 6.07) is 9.34. The van der Waals surface area contributed by atoms with Gasteiger partial charge in [0, 0.05) is 23.5 Å². The van der Waals surface area contributed by atoms with E-state index in [9.17, 15) is 5.11 Å². The monoisotopic (exact) mass is 370 g/mol. The zero-order chi connectivity index (χ0) is 18.0. The molecule has 0 spiro atoms. The molecule has 27 heavy (non-hydrogen) atoms. The smallest absolute Gasteiger partial charge is 0.231 e. The average molecular weight is 370 g/mol. The van der Waals surface area contributed by atoms with Crippen molar-refractivity contribution in [2.45, 2.75) is 12.2 Å². The Bertz CT molecular complexity index is 911. The third kappa shape index (κ3) is 2.28. The predicted molar refractivity (Wildman–Crippen MR) is 91.2 cm³/mol. The van der Waals surface area contributed by atoms with Crippen LogP contribution in [-0.4, -0.2) is 31.9 Å². The van der Waals surface area contributed by atoms with E-state index in [-0.39, 0.29) is 43.4 Å². The molecule has 7 heteroatoms. The first-order valence-corrected chi connectivity index (χ1v) is 9.03. The number of hydrogen-bond donors (Lipinski definition) is 1. The zero-order valence-electron chi connectivity index (χ0n) is 14.4. The maximum absolute atomic E-state index is 10.5. The number of rotatable bonds is 2. The lowest BCUT2D eigenvalue weighted by atomic mass is 9.84. The lowest BCUT2D eigenvalue weighted by Gasteiger charge is -2.18. The standard InChI is InChI=1S/C20H18O7/c21-14-5-18-17(26-9-27-18)4-11(14)20-13-7-22-19(12(13)6-23-20)10-1-2-15-16(3-10)25-8-24-15/h1-5,12-13,19-21H,6-9H2/t12-,13-,19+,20-/m0/s1. The van der Waals surface area contributed by atoms with Gasteiger partial charge >= 0.3 is 0 Å². The third-order valence-corrected chi connectivity index (χ3v) is 5.82. The second-order valence-corrected chi connectivity index (χ2v) is 7.21. The number of hydrogen-bond acceptors (Lipinski definition) is 7. The number of phenols is 1. The summed E-state index contributed by atoms with van der Waals surface area (Å²) in [4.78, 5) is 0. The Kier molecular flexibility index (Phi) is 3.24. The van der Waals surface area contributed by atoms with E-state index >= 15 is 0 Å². The van der Waals surface area contributed by atoms with Gasteiger partial charge in [-0.15, -0.1) is 0 Å². The van der Waals surface area contributed by atoms with Crippen LogP contribution in [0.15, 0.2) is 30.3 Å². The van der Waals surface area contributed by atoms with Gasteiger partial charge < -0.3 is 33.5 Å². The molecule has 7 nitrogen and oxygen atoms in total. The fraction of sp³-hybridized carbons (Fsp3) is 0.400. The summed E-state index contributed by atoms with van der Waals surface area (Å²) in [6.07, 6.45) is -0.297. The van der Waals surface area contributed by atoms with Gasteiger partial charge in [0.05, 0.1) is 25.4 Å². The second kappa shape index (κ2) is 5.68. The number of aromatic hydroxyl groups is 1. The van der Waals surface area contributed by atoms with E-state index in [4.69, 9.17) is 28.4 Å². The third-order valence-electron chi connectivity index (χ3n) is 5.82. The molecule has 0 aromatic heterocycles. The maximum atomic E-state index is 10.5. The van der Waals surface area contributed by atoms with Crippen molar-refractivity contribution in [3.63, 3.8) is 0 Å². The van der Waals surface area contributed by atoms with Gasteiger partial charge in [-0.3, -0.25) is 0 Å². The van der Waals surface area contributed by atoms with Gasteiger partial charge in [0.1, 0.15) is 5.75 Å². The highest BCUT2D eigenvalue weighted by Crippen LogP contribution is 2.53. The van der Waals surface area contributed by atoms with Crippen LogP contribution in [0.4, 0.5) is 0 Å². The SMILES string of the molecule is Oc1cc2c(cc1[C@@H]1OC[C@H]3[C@@H]1CO[C@@H]3c1ccc3c(c1)OCO3)OCO2. The Morgan fingerprint density at radius 3 is 2.15 bits per heavy atom. The summed E-state index contributed by atoms with van der Waals surface area (Å²) >= 11 is 0. The lowest BCUT2D eigenvalue weighted by molar-refractivity contribution is 0.0185. The number of ether oxygens (including phenoxy) is 6. The first-order chi connectivity index (χ1) is 13.3. The van der Waals surface area contributed by atoms with Crippen LogP contribution in [0.5, 0.6) is 28.7 Å². The number of benzene rings is 2. The van der Waals surface area contributed by atoms with Crippen molar-refractivity contribution in [2.24, 2.45) is 11.8 Å². The normalized spacial score (nSPS) is 29.9. The fourth-order valence-electron chi connectivity index (χ4n) is 4.48. The molecule has 0 aliphatic carbocycles. The van der Waals surface area contributed by atoms with E-state index in [2.05, 4.69) is 0 Å². The van der Waals surface area contributed by atoms with Crippen molar-refractivity contribution in [3.8, 4) is 28.7 Å². The number of fused-ring (bicyclic) bond motifs is 3. The van der Waals surface area contributed by atoms with Gasteiger partial charge in [-0.2, -0.15) is 0 Å². The first kappa shape index (κ1) is 15.4. The van der Waals surface area contributed by atoms with Crippen molar-refractivity contribution < 1.29 is 33.5 Å². The molecule has 2 aromatic carbocycles. The van der Waals surface area contributed by atoms with Crippen molar-refractivity contribution in [1.82, 2.24) is 0 Å². The van der Waals surface area contributed by atoms with E-state index in [0.717, 1.165) is 22.6 Å². The van der Waals surface area contributed by atoms with Gasteiger partial charge in [0.25, 0.3) is 0 Å². The first-order valence-electron chi connectivity index (χ1n) is 9.03. The van der Waals surface area contributed by atoms with Gasteiger partial charge in [-0.25, -0.2) is 0 Å². The Labute approximate surface area is 155 Å². The lowest BCUT2D eigenvalue weighted by Crippen LogP contribution is -2.14. The molecule has 6 rings (SSSR count). The summed E-state index contributed by atoms with van der Waals surface area (Å²) in [7, 11) is 0. The summed E-state index contributed by atoms with van der Waals surface area (Å²) in [6.45, 7) is 1.57. The van der Waals surface area contributed by atoms with Crippen LogP contribution < -0.4 is 18.9 Å². The Hall–Kier alpha value is -2.64. The van der Waals surface area contributed by atoms with Crippen LogP contribution in [0.3, 0.4) is 0 Å². The minimum absolute atomic E-state index is 0.0642. The second-order valence-electron chi connectivity index (χ2n) is 7.21. The quantitative estimate of drug-likeness (QED) is 0.871. The van der Waals surface area contributed by atoms with Crippen LogP contribution in [0, 0.1) is 11.8 Å². The molecule has 4 heterocycles. The molecular formula is C20H18O7. The van der Waals surface area contributed by atoms with Crippen molar-refractivity contribution in [3.05, 3.63) is 41.5 Å². The zero-order valence-corrected chi connectivity index (χ0v) is 14.4. The summed E-state index contributed by atoms with van der Waals surface area (Å²) in [5.74, 6) is 3.25. The largest absolute Gasteiger partial charge is 0.507 e. The Morgan fingerprint density at radius 2 is 1.33 bits per heavy atom. The molecule has 1 N–H and O–H groups in total. The van der Waals surface area contributed by atoms with Crippen LogP contribution in [-0.2, 0) is 9.47 Å². The molecule has 4 atom stereocenters. The molecule has 2 fully saturated rings. The van der Waals surface area contributed by atoms with Crippen LogP contribution in [0.1, 0.15) is 23.3 Å². The van der Waals surface area contributed by atoms with E-state index < -0.39 is 0 Å². The maximum Gasteiger partial charge on any atom is 0.231 e. The molecule has 2 saturated heterocycles. The molecular weight excluding hydrogens is 352 g/mol. The minimum atomic E-state index is -0.233. The van der Waals surface area contributed by atoms with E-state index in [1.54, 1.807) is 6.07 Å². The van der Waals surface area contributed by atoms with Gasteiger partial charge in [-0.1, -0.05) is 6.07 Å². The molecule has 140 valence electrons. The van der Waals surface area contributed by atoms with Gasteiger partial charge in [-0.05, 0) is 23.8 Å². The Balaban J connectivity index is 1.29. The highest BCUT2D eigenvalue weighted by molar-refractivity contribution is 5.52. The van der Waals surface area contributed by atoms with E-state index in [1.165, 1.54) is 0 Å². The van der Waals surface area contributed by atoms with Crippen molar-refractivity contribution >= 4 is 0 Å². The minimum Gasteiger partial charge on any atom is -0.507 e. The molecule has 4 aliphatic rings. The van der Waals surface area contributed by atoms with Crippen LogP contribution in [0.25, 0.3) is 0 Å². The predicted octanol–water partition coefficient (Wildman–Crippen LogP) is 2.92. The Morgan fingerprint density at radius 1 is 0.704 bits per heavy atom. The van der Waals surface area contributed by atoms with E-state index in [0.29, 0.717) is 24.7 Å². The summed E-state index contributed by atoms with van der Waals surface area (Å²) < 4.78 is 33.9. The topological polar surface area (TPSA) is 75.6 Å². The molecule has 0 bridgehead atoms. The van der Waals surface area contributed by atoms with Crippen LogP contribution >= 0.6 is 0 Å². The highest BCUT2D eigenvalue weighted by Gasteiger charge is 2.49. The van der Waals surface area contributed by atoms with Crippen molar-refractivity contribution in [2.75, 3.05) is 26.8 Å². The molecule has 0 unspecified atom stereocenters. The summed E-state index contributed by atoms with van der Waals surface area (Å²) in [5, 5.41) is 10.5. The molecule has 0 amide bonds. The van der Waals surface area contributed by atoms with Crippen LogP contribution in [0.2, 0.25) is 0 Å². The fourth-order valence-corrected chi connectivity index (χ4v) is 4.48. The summed E-state index contributed by atoms with van der Waals surface area (Å²) in [5.41, 5.74) is 1.78. The molecule has 2 aromatic rings.